The molecular weight excluding hydrogens is 224 g/mol. The Bertz CT molecular complexity index is 373. The Morgan fingerprint density at radius 2 is 1.89 bits per heavy atom. The molecule has 1 rings (SSSR count). The van der Waals surface area contributed by atoms with Crippen LogP contribution in [0.4, 0.5) is 0 Å². The molecule has 0 fully saturated rings. The fourth-order valence-electron chi connectivity index (χ4n) is 2.00. The molecule has 0 saturated heterocycles. The minimum Gasteiger partial charge on any atom is -0.344 e. The van der Waals surface area contributed by atoms with E-state index in [1.54, 1.807) is 11.8 Å². The summed E-state index contributed by atoms with van der Waals surface area (Å²) >= 11 is 0. The zero-order valence-corrected chi connectivity index (χ0v) is 11.6. The van der Waals surface area contributed by atoms with Gasteiger partial charge in [0.05, 0.1) is 0 Å². The van der Waals surface area contributed by atoms with Crippen LogP contribution in [0.15, 0.2) is 30.3 Å². The van der Waals surface area contributed by atoms with Crippen molar-refractivity contribution < 1.29 is 4.79 Å². The highest BCUT2D eigenvalue weighted by Crippen LogP contribution is 2.19. The standard InChI is InChI=1S/C15H24N2O/c1-4-5-9-12-17(3)14(18)15(2,16)13-10-7-6-8-11-13/h6-8,10-11H,4-5,9,12,16H2,1-3H3. The van der Waals surface area contributed by atoms with Crippen molar-refractivity contribution in [1.82, 2.24) is 4.90 Å². The van der Waals surface area contributed by atoms with E-state index in [0.29, 0.717) is 0 Å². The summed E-state index contributed by atoms with van der Waals surface area (Å²) in [6.45, 7) is 4.70. The van der Waals surface area contributed by atoms with Crippen molar-refractivity contribution in [2.75, 3.05) is 13.6 Å². The Kier molecular flexibility index (Phi) is 5.35. The summed E-state index contributed by atoms with van der Waals surface area (Å²) in [6.07, 6.45) is 3.33. The molecule has 0 aliphatic rings. The average Bonchev–Trinajstić information content (AvgIpc) is 2.39. The number of carbonyl (C=O) groups is 1. The summed E-state index contributed by atoms with van der Waals surface area (Å²) in [5.41, 5.74) is 6.11. The van der Waals surface area contributed by atoms with E-state index in [0.717, 1.165) is 31.4 Å². The Morgan fingerprint density at radius 3 is 2.44 bits per heavy atom. The highest BCUT2D eigenvalue weighted by molar-refractivity contribution is 5.86. The summed E-state index contributed by atoms with van der Waals surface area (Å²) in [6, 6.07) is 9.54. The van der Waals surface area contributed by atoms with E-state index in [1.165, 1.54) is 0 Å². The van der Waals surface area contributed by atoms with Gasteiger partial charge in [0.2, 0.25) is 5.91 Å². The van der Waals surface area contributed by atoms with Crippen molar-refractivity contribution in [2.45, 2.75) is 38.6 Å². The van der Waals surface area contributed by atoms with E-state index < -0.39 is 5.54 Å². The molecule has 2 N–H and O–H groups in total. The molecule has 0 saturated carbocycles. The SMILES string of the molecule is CCCCCN(C)C(=O)C(C)(N)c1ccccc1. The maximum atomic E-state index is 12.4. The van der Waals surface area contributed by atoms with Crippen molar-refractivity contribution in [3.63, 3.8) is 0 Å². The molecule has 1 aromatic carbocycles. The summed E-state index contributed by atoms with van der Waals surface area (Å²) in [5, 5.41) is 0. The van der Waals surface area contributed by atoms with Crippen molar-refractivity contribution >= 4 is 5.91 Å². The molecule has 1 atom stereocenters. The van der Waals surface area contributed by atoms with Gasteiger partial charge < -0.3 is 10.6 Å². The van der Waals surface area contributed by atoms with Gasteiger partial charge in [0.1, 0.15) is 5.54 Å². The number of amides is 1. The first-order valence-electron chi connectivity index (χ1n) is 6.60. The van der Waals surface area contributed by atoms with Gasteiger partial charge >= 0.3 is 0 Å². The molecule has 0 aliphatic carbocycles. The van der Waals surface area contributed by atoms with Gasteiger partial charge in [0, 0.05) is 13.6 Å². The molecule has 3 heteroatoms. The minimum atomic E-state index is -0.942. The molecule has 0 aromatic heterocycles. The minimum absolute atomic E-state index is 0.0233. The van der Waals surface area contributed by atoms with E-state index in [2.05, 4.69) is 6.92 Å². The van der Waals surface area contributed by atoms with Crippen LogP contribution in [0, 0.1) is 0 Å². The number of likely N-dealkylation sites (N-methyl/N-ethyl adjacent to an activating group) is 1. The summed E-state index contributed by atoms with van der Waals surface area (Å²) in [5.74, 6) is -0.0233. The quantitative estimate of drug-likeness (QED) is 0.786. The van der Waals surface area contributed by atoms with Gasteiger partial charge in [-0.2, -0.15) is 0 Å². The molecule has 0 heterocycles. The molecule has 0 bridgehead atoms. The summed E-state index contributed by atoms with van der Waals surface area (Å²) < 4.78 is 0. The second-order valence-corrected chi connectivity index (χ2v) is 5.00. The van der Waals surface area contributed by atoms with E-state index in [-0.39, 0.29) is 5.91 Å². The van der Waals surface area contributed by atoms with Gasteiger partial charge in [-0.3, -0.25) is 4.79 Å². The van der Waals surface area contributed by atoms with Crippen LogP contribution in [-0.2, 0) is 10.3 Å². The molecule has 0 spiro atoms. The number of hydrogen-bond donors (Lipinski definition) is 1. The lowest BCUT2D eigenvalue weighted by Crippen LogP contribution is -2.49. The van der Waals surface area contributed by atoms with E-state index in [4.69, 9.17) is 5.73 Å². The van der Waals surface area contributed by atoms with E-state index in [1.807, 2.05) is 37.4 Å². The molecular formula is C15H24N2O. The molecule has 1 aromatic rings. The van der Waals surface area contributed by atoms with Crippen LogP contribution in [0.5, 0.6) is 0 Å². The van der Waals surface area contributed by atoms with Crippen LogP contribution in [0.3, 0.4) is 0 Å². The predicted octanol–water partition coefficient (Wildman–Crippen LogP) is 2.51. The number of rotatable bonds is 6. The highest BCUT2D eigenvalue weighted by Gasteiger charge is 2.32. The van der Waals surface area contributed by atoms with Crippen molar-refractivity contribution in [3.05, 3.63) is 35.9 Å². The number of carbonyl (C=O) groups excluding carboxylic acids is 1. The predicted molar refractivity (Wildman–Crippen MR) is 75.1 cm³/mol. The van der Waals surface area contributed by atoms with Gasteiger partial charge in [-0.05, 0) is 18.9 Å². The maximum absolute atomic E-state index is 12.4. The van der Waals surface area contributed by atoms with Crippen LogP contribution in [0.1, 0.15) is 38.7 Å². The zero-order chi connectivity index (χ0) is 13.6. The van der Waals surface area contributed by atoms with Gasteiger partial charge in [0.25, 0.3) is 0 Å². The maximum Gasteiger partial charge on any atom is 0.246 e. The van der Waals surface area contributed by atoms with Crippen LogP contribution < -0.4 is 5.73 Å². The second-order valence-electron chi connectivity index (χ2n) is 5.00. The van der Waals surface area contributed by atoms with Crippen molar-refractivity contribution in [2.24, 2.45) is 5.73 Å². The fourth-order valence-corrected chi connectivity index (χ4v) is 2.00. The monoisotopic (exact) mass is 248 g/mol. The third kappa shape index (κ3) is 3.57. The highest BCUT2D eigenvalue weighted by atomic mass is 16.2. The van der Waals surface area contributed by atoms with Crippen molar-refractivity contribution in [1.29, 1.82) is 0 Å². The van der Waals surface area contributed by atoms with Crippen molar-refractivity contribution in [3.8, 4) is 0 Å². The number of hydrogen-bond acceptors (Lipinski definition) is 2. The Labute approximate surface area is 110 Å². The van der Waals surface area contributed by atoms with Crippen LogP contribution >= 0.6 is 0 Å². The number of nitrogens with zero attached hydrogens (tertiary/aromatic N) is 1. The number of benzene rings is 1. The van der Waals surface area contributed by atoms with E-state index in [9.17, 15) is 4.79 Å². The van der Waals surface area contributed by atoms with Gasteiger partial charge in [-0.25, -0.2) is 0 Å². The van der Waals surface area contributed by atoms with Gasteiger partial charge in [0.15, 0.2) is 0 Å². The lowest BCUT2D eigenvalue weighted by Gasteiger charge is -2.29. The first-order chi connectivity index (χ1) is 8.50. The Morgan fingerprint density at radius 1 is 1.28 bits per heavy atom. The first-order valence-corrected chi connectivity index (χ1v) is 6.60. The largest absolute Gasteiger partial charge is 0.344 e. The molecule has 100 valence electrons. The molecule has 1 amide bonds. The molecule has 3 nitrogen and oxygen atoms in total. The first kappa shape index (κ1) is 14.7. The summed E-state index contributed by atoms with van der Waals surface area (Å²) in [4.78, 5) is 14.1. The van der Waals surface area contributed by atoms with Crippen LogP contribution in [0.2, 0.25) is 0 Å². The Balaban J connectivity index is 2.70. The topological polar surface area (TPSA) is 46.3 Å². The summed E-state index contributed by atoms with van der Waals surface area (Å²) in [7, 11) is 1.83. The smallest absolute Gasteiger partial charge is 0.246 e. The molecule has 0 aliphatic heterocycles. The third-order valence-corrected chi connectivity index (χ3v) is 3.26. The van der Waals surface area contributed by atoms with E-state index >= 15 is 0 Å². The molecule has 1 unspecified atom stereocenters. The van der Waals surface area contributed by atoms with Gasteiger partial charge in [-0.15, -0.1) is 0 Å². The number of nitrogens with two attached hydrogens (primary N) is 1. The average molecular weight is 248 g/mol. The van der Waals surface area contributed by atoms with Gasteiger partial charge in [-0.1, -0.05) is 50.1 Å². The second kappa shape index (κ2) is 6.55. The fraction of sp³-hybridized carbons (Fsp3) is 0.533. The normalized spacial score (nSPS) is 14.0. The van der Waals surface area contributed by atoms with Crippen LogP contribution in [-0.4, -0.2) is 24.4 Å². The lowest BCUT2D eigenvalue weighted by molar-refractivity contribution is -0.135. The third-order valence-electron chi connectivity index (χ3n) is 3.26. The number of unbranched alkanes of at least 4 members (excludes halogenated alkanes) is 2. The molecule has 0 radical (unpaired) electrons. The molecule has 18 heavy (non-hydrogen) atoms. The lowest BCUT2D eigenvalue weighted by atomic mass is 9.91. The zero-order valence-electron chi connectivity index (χ0n) is 11.6. The van der Waals surface area contributed by atoms with Crippen LogP contribution in [0.25, 0.3) is 0 Å². The Hall–Kier alpha value is -1.35.